The molecule has 0 aliphatic carbocycles. The maximum atomic E-state index is 11.7. The summed E-state index contributed by atoms with van der Waals surface area (Å²) < 4.78 is 27.7. The average molecular weight is 292 g/mol. The van der Waals surface area contributed by atoms with Crippen LogP contribution in [0.4, 0.5) is 0 Å². The van der Waals surface area contributed by atoms with Gasteiger partial charge in [-0.2, -0.15) is 0 Å². The highest BCUT2D eigenvalue weighted by Gasteiger charge is 2.15. The highest BCUT2D eigenvalue weighted by molar-refractivity contribution is 7.90. The predicted octanol–water partition coefficient (Wildman–Crippen LogP) is -0.352. The van der Waals surface area contributed by atoms with Crippen LogP contribution in [-0.2, 0) is 19.4 Å². The molecule has 1 amide bonds. The lowest BCUT2D eigenvalue weighted by molar-refractivity contribution is -0.131. The highest BCUT2D eigenvalue weighted by Crippen LogP contribution is 2.07. The van der Waals surface area contributed by atoms with Crippen molar-refractivity contribution in [2.75, 3.05) is 45.3 Å². The van der Waals surface area contributed by atoms with Gasteiger partial charge < -0.3 is 15.0 Å². The maximum absolute atomic E-state index is 11.7. The second kappa shape index (κ2) is 7.81. The first-order chi connectivity index (χ1) is 8.88. The molecular formula is C12H24N2O4S. The molecule has 0 saturated carbocycles. The number of sulfone groups is 1. The Labute approximate surface area is 115 Å². The molecule has 1 N–H and O–H groups in total. The van der Waals surface area contributed by atoms with Crippen LogP contribution in [0.3, 0.4) is 0 Å². The van der Waals surface area contributed by atoms with E-state index in [9.17, 15) is 13.2 Å². The van der Waals surface area contributed by atoms with E-state index >= 15 is 0 Å². The third-order valence-corrected chi connectivity index (χ3v) is 4.10. The molecule has 1 rings (SSSR count). The van der Waals surface area contributed by atoms with Crippen LogP contribution in [0.25, 0.3) is 0 Å². The van der Waals surface area contributed by atoms with Crippen LogP contribution in [0.15, 0.2) is 0 Å². The molecule has 7 heteroatoms. The average Bonchev–Trinajstić information content (AvgIpc) is 2.36. The van der Waals surface area contributed by atoms with Crippen LogP contribution in [0.2, 0.25) is 0 Å². The number of piperidine rings is 1. The molecule has 0 unspecified atom stereocenters. The predicted molar refractivity (Wildman–Crippen MR) is 73.8 cm³/mol. The first kappa shape index (κ1) is 16.4. The number of rotatable bonds is 7. The summed E-state index contributed by atoms with van der Waals surface area (Å²) in [6.45, 7) is 2.58. The lowest BCUT2D eigenvalue weighted by Crippen LogP contribution is -2.34. The largest absolute Gasteiger partial charge is 0.378 e. The van der Waals surface area contributed by atoms with E-state index in [2.05, 4.69) is 5.32 Å². The summed E-state index contributed by atoms with van der Waals surface area (Å²) in [5.41, 5.74) is 0. The fraction of sp³-hybridized carbons (Fsp3) is 0.917. The quantitative estimate of drug-likeness (QED) is 0.694. The SMILES string of the molecule is CN(CCS(C)(=O)=O)C(=O)CCOC1CCNCC1. The van der Waals surface area contributed by atoms with Gasteiger partial charge in [-0.05, 0) is 25.9 Å². The minimum atomic E-state index is -3.02. The van der Waals surface area contributed by atoms with Gasteiger partial charge in [-0.25, -0.2) is 8.42 Å². The van der Waals surface area contributed by atoms with Crippen LogP contribution < -0.4 is 5.32 Å². The zero-order chi connectivity index (χ0) is 14.3. The maximum Gasteiger partial charge on any atom is 0.224 e. The second-order valence-electron chi connectivity index (χ2n) is 5.02. The van der Waals surface area contributed by atoms with Crippen molar-refractivity contribution >= 4 is 15.7 Å². The van der Waals surface area contributed by atoms with E-state index in [0.29, 0.717) is 13.0 Å². The number of carbonyl (C=O) groups excluding carboxylic acids is 1. The van der Waals surface area contributed by atoms with Gasteiger partial charge in [-0.3, -0.25) is 4.79 Å². The summed E-state index contributed by atoms with van der Waals surface area (Å²) in [5.74, 6) is -0.0673. The number of carbonyl (C=O) groups is 1. The molecular weight excluding hydrogens is 268 g/mol. The Hall–Kier alpha value is -0.660. The van der Waals surface area contributed by atoms with Gasteiger partial charge in [0.25, 0.3) is 0 Å². The van der Waals surface area contributed by atoms with Crippen molar-refractivity contribution < 1.29 is 17.9 Å². The van der Waals surface area contributed by atoms with Crippen LogP contribution in [0, 0.1) is 0 Å². The molecule has 19 heavy (non-hydrogen) atoms. The van der Waals surface area contributed by atoms with E-state index in [1.54, 1.807) is 7.05 Å². The van der Waals surface area contributed by atoms with Gasteiger partial charge in [0, 0.05) is 19.8 Å². The summed E-state index contributed by atoms with van der Waals surface area (Å²) >= 11 is 0. The molecule has 1 heterocycles. The fourth-order valence-corrected chi connectivity index (χ4v) is 2.50. The molecule has 0 aromatic heterocycles. The molecule has 0 aromatic rings. The molecule has 0 radical (unpaired) electrons. The first-order valence-corrected chi connectivity index (χ1v) is 8.68. The summed E-state index contributed by atoms with van der Waals surface area (Å²) in [6, 6.07) is 0. The van der Waals surface area contributed by atoms with Crippen LogP contribution >= 0.6 is 0 Å². The Morgan fingerprint density at radius 2 is 2.00 bits per heavy atom. The molecule has 0 spiro atoms. The van der Waals surface area contributed by atoms with Gasteiger partial charge in [-0.15, -0.1) is 0 Å². The number of ether oxygens (including phenoxy) is 1. The molecule has 0 aromatic carbocycles. The van der Waals surface area contributed by atoms with Crippen molar-refractivity contribution in [3.8, 4) is 0 Å². The van der Waals surface area contributed by atoms with Gasteiger partial charge in [0.1, 0.15) is 9.84 Å². The third-order valence-electron chi connectivity index (χ3n) is 3.18. The van der Waals surface area contributed by atoms with Gasteiger partial charge in [0.2, 0.25) is 5.91 Å². The molecule has 1 aliphatic heterocycles. The molecule has 1 fully saturated rings. The van der Waals surface area contributed by atoms with E-state index in [-0.39, 0.29) is 24.3 Å². The smallest absolute Gasteiger partial charge is 0.224 e. The lowest BCUT2D eigenvalue weighted by atomic mass is 10.1. The first-order valence-electron chi connectivity index (χ1n) is 6.62. The Balaban J connectivity index is 2.15. The van der Waals surface area contributed by atoms with Crippen LogP contribution in [0.1, 0.15) is 19.3 Å². The molecule has 0 bridgehead atoms. The van der Waals surface area contributed by atoms with E-state index in [4.69, 9.17) is 4.74 Å². The standard InChI is InChI=1S/C12H24N2O4S/c1-14(8-10-19(2,16)17)12(15)5-9-18-11-3-6-13-7-4-11/h11,13H,3-10H2,1-2H3. The zero-order valence-corrected chi connectivity index (χ0v) is 12.5. The molecule has 6 nitrogen and oxygen atoms in total. The summed E-state index contributed by atoms with van der Waals surface area (Å²) in [5, 5.41) is 3.25. The number of amides is 1. The van der Waals surface area contributed by atoms with Crippen LogP contribution in [-0.4, -0.2) is 70.6 Å². The third kappa shape index (κ3) is 7.49. The normalized spacial score (nSPS) is 17.4. The van der Waals surface area contributed by atoms with E-state index in [1.807, 2.05) is 0 Å². The van der Waals surface area contributed by atoms with E-state index < -0.39 is 9.84 Å². The Morgan fingerprint density at radius 3 is 2.58 bits per heavy atom. The number of nitrogens with one attached hydrogen (secondary N) is 1. The lowest BCUT2D eigenvalue weighted by Gasteiger charge is -2.23. The van der Waals surface area contributed by atoms with E-state index in [0.717, 1.165) is 25.9 Å². The van der Waals surface area contributed by atoms with Crippen molar-refractivity contribution in [3.63, 3.8) is 0 Å². The van der Waals surface area contributed by atoms with Crippen molar-refractivity contribution in [2.45, 2.75) is 25.4 Å². The number of hydrogen-bond donors (Lipinski definition) is 1. The van der Waals surface area contributed by atoms with Crippen molar-refractivity contribution in [2.24, 2.45) is 0 Å². The van der Waals surface area contributed by atoms with E-state index in [1.165, 1.54) is 11.2 Å². The molecule has 1 aliphatic rings. The van der Waals surface area contributed by atoms with Gasteiger partial charge in [0.05, 0.1) is 24.9 Å². The Kier molecular flexibility index (Phi) is 6.74. The Morgan fingerprint density at radius 1 is 1.37 bits per heavy atom. The van der Waals surface area contributed by atoms with Gasteiger partial charge in [-0.1, -0.05) is 0 Å². The van der Waals surface area contributed by atoms with Crippen molar-refractivity contribution in [1.82, 2.24) is 10.2 Å². The van der Waals surface area contributed by atoms with Gasteiger partial charge in [0.15, 0.2) is 0 Å². The van der Waals surface area contributed by atoms with Crippen molar-refractivity contribution in [1.29, 1.82) is 0 Å². The van der Waals surface area contributed by atoms with Gasteiger partial charge >= 0.3 is 0 Å². The molecule has 112 valence electrons. The highest BCUT2D eigenvalue weighted by atomic mass is 32.2. The zero-order valence-electron chi connectivity index (χ0n) is 11.7. The molecule has 1 saturated heterocycles. The minimum Gasteiger partial charge on any atom is -0.378 e. The van der Waals surface area contributed by atoms with Crippen LogP contribution in [0.5, 0.6) is 0 Å². The topological polar surface area (TPSA) is 75.7 Å². The monoisotopic (exact) mass is 292 g/mol. The minimum absolute atomic E-state index is 0.00436. The number of hydrogen-bond acceptors (Lipinski definition) is 5. The Bertz CT molecular complexity index is 377. The molecule has 0 atom stereocenters. The summed E-state index contributed by atoms with van der Waals surface area (Å²) in [6.07, 6.45) is 3.70. The fourth-order valence-electron chi connectivity index (χ4n) is 1.89. The number of nitrogens with zero attached hydrogens (tertiary/aromatic N) is 1. The second-order valence-corrected chi connectivity index (χ2v) is 7.28. The van der Waals surface area contributed by atoms with Crippen molar-refractivity contribution in [3.05, 3.63) is 0 Å². The summed E-state index contributed by atoms with van der Waals surface area (Å²) in [7, 11) is -1.40. The summed E-state index contributed by atoms with van der Waals surface area (Å²) in [4.78, 5) is 13.2.